The SMILES string of the molecule is O=C1COc2cc(S(=O)(=O)N3CCN(C(=O)CCCc4ccccc4)CC3)c(Cl)cc2N1. The third-order valence-corrected chi connectivity index (χ3v) is 7.94. The van der Waals surface area contributed by atoms with Gasteiger partial charge in [-0.1, -0.05) is 41.9 Å². The molecule has 0 spiro atoms. The lowest BCUT2D eigenvalue weighted by atomic mass is 10.1. The number of piperazine rings is 1. The summed E-state index contributed by atoms with van der Waals surface area (Å²) in [5.74, 6) is -0.0255. The van der Waals surface area contributed by atoms with Crippen molar-refractivity contribution in [1.29, 1.82) is 0 Å². The normalized spacial score (nSPS) is 16.8. The maximum absolute atomic E-state index is 13.2. The lowest BCUT2D eigenvalue weighted by Gasteiger charge is -2.34. The molecule has 2 heterocycles. The fourth-order valence-corrected chi connectivity index (χ4v) is 5.78. The second-order valence-electron chi connectivity index (χ2n) is 7.74. The van der Waals surface area contributed by atoms with Crippen LogP contribution in [0.2, 0.25) is 5.02 Å². The lowest BCUT2D eigenvalue weighted by molar-refractivity contribution is -0.132. The molecule has 0 saturated carbocycles. The van der Waals surface area contributed by atoms with Crippen LogP contribution in [0.25, 0.3) is 0 Å². The van der Waals surface area contributed by atoms with E-state index >= 15 is 0 Å². The van der Waals surface area contributed by atoms with Crippen molar-refractivity contribution in [2.24, 2.45) is 0 Å². The molecule has 0 radical (unpaired) electrons. The van der Waals surface area contributed by atoms with Crippen molar-refractivity contribution in [1.82, 2.24) is 9.21 Å². The van der Waals surface area contributed by atoms with Gasteiger partial charge in [0.05, 0.1) is 10.7 Å². The minimum Gasteiger partial charge on any atom is -0.482 e. The van der Waals surface area contributed by atoms with Gasteiger partial charge in [0, 0.05) is 38.7 Å². The number of hydrogen-bond acceptors (Lipinski definition) is 5. The summed E-state index contributed by atoms with van der Waals surface area (Å²) in [4.78, 5) is 25.6. The zero-order valence-corrected chi connectivity index (χ0v) is 19.0. The fourth-order valence-electron chi connectivity index (χ4n) is 3.84. The van der Waals surface area contributed by atoms with Gasteiger partial charge in [0.1, 0.15) is 10.6 Å². The average Bonchev–Trinajstić information content (AvgIpc) is 2.79. The minimum atomic E-state index is -3.87. The van der Waals surface area contributed by atoms with Crippen molar-refractivity contribution in [2.75, 3.05) is 38.1 Å². The first kappa shape index (κ1) is 22.6. The van der Waals surface area contributed by atoms with E-state index in [-0.39, 0.29) is 47.2 Å². The van der Waals surface area contributed by atoms with E-state index in [9.17, 15) is 18.0 Å². The van der Waals surface area contributed by atoms with Gasteiger partial charge in [-0.25, -0.2) is 8.42 Å². The van der Waals surface area contributed by atoms with Crippen LogP contribution in [0.1, 0.15) is 18.4 Å². The summed E-state index contributed by atoms with van der Waals surface area (Å²) in [6, 6.07) is 12.7. The highest BCUT2D eigenvalue weighted by Gasteiger charge is 2.33. The second-order valence-corrected chi connectivity index (χ2v) is 10.1. The number of nitrogens with zero attached hydrogens (tertiary/aromatic N) is 2. The van der Waals surface area contributed by atoms with Crippen molar-refractivity contribution in [3.8, 4) is 5.75 Å². The largest absolute Gasteiger partial charge is 0.482 e. The molecule has 1 saturated heterocycles. The summed E-state index contributed by atoms with van der Waals surface area (Å²) in [5, 5.41) is 2.61. The topological polar surface area (TPSA) is 96.0 Å². The van der Waals surface area contributed by atoms with Crippen LogP contribution in [-0.4, -0.2) is 62.2 Å². The van der Waals surface area contributed by atoms with E-state index in [1.165, 1.54) is 22.0 Å². The fraction of sp³-hybridized carbons (Fsp3) is 0.364. The molecule has 2 aliphatic heterocycles. The number of hydrogen-bond donors (Lipinski definition) is 1. The summed E-state index contributed by atoms with van der Waals surface area (Å²) in [6.07, 6.45) is 2.02. The lowest BCUT2D eigenvalue weighted by Crippen LogP contribution is -2.50. The van der Waals surface area contributed by atoms with Gasteiger partial charge >= 0.3 is 0 Å². The molecule has 0 aliphatic carbocycles. The first-order chi connectivity index (χ1) is 15.3. The molecular weight excluding hydrogens is 454 g/mol. The van der Waals surface area contributed by atoms with E-state index in [1.807, 2.05) is 30.3 Å². The molecule has 2 aromatic rings. The molecule has 1 N–H and O–H groups in total. The van der Waals surface area contributed by atoms with Crippen LogP contribution in [-0.2, 0) is 26.0 Å². The molecular formula is C22H24ClN3O5S. The van der Waals surface area contributed by atoms with Gasteiger partial charge in [-0.2, -0.15) is 4.31 Å². The predicted molar refractivity (Wildman–Crippen MR) is 120 cm³/mol. The van der Waals surface area contributed by atoms with Gasteiger partial charge in [0.15, 0.2) is 6.61 Å². The number of anilines is 1. The molecule has 0 bridgehead atoms. The zero-order valence-electron chi connectivity index (χ0n) is 17.4. The van der Waals surface area contributed by atoms with E-state index in [4.69, 9.17) is 16.3 Å². The second kappa shape index (κ2) is 9.48. The van der Waals surface area contributed by atoms with Crippen LogP contribution in [0.4, 0.5) is 5.69 Å². The van der Waals surface area contributed by atoms with Gasteiger partial charge in [-0.15, -0.1) is 0 Å². The number of carbonyl (C=O) groups excluding carboxylic acids is 2. The number of ether oxygens (including phenoxy) is 1. The maximum atomic E-state index is 13.2. The molecule has 0 atom stereocenters. The summed E-state index contributed by atoms with van der Waals surface area (Å²) < 4.78 is 33.0. The van der Waals surface area contributed by atoms with Crippen LogP contribution in [0.5, 0.6) is 5.75 Å². The molecule has 2 aliphatic rings. The van der Waals surface area contributed by atoms with Crippen LogP contribution in [0.15, 0.2) is 47.4 Å². The van der Waals surface area contributed by atoms with E-state index < -0.39 is 10.0 Å². The van der Waals surface area contributed by atoms with Gasteiger partial charge in [0.25, 0.3) is 5.91 Å². The molecule has 32 heavy (non-hydrogen) atoms. The van der Waals surface area contributed by atoms with Gasteiger partial charge in [0.2, 0.25) is 15.9 Å². The van der Waals surface area contributed by atoms with E-state index in [2.05, 4.69) is 5.32 Å². The Kier molecular flexibility index (Phi) is 6.68. The molecule has 1 fully saturated rings. The molecule has 170 valence electrons. The van der Waals surface area contributed by atoms with Crippen LogP contribution in [0, 0.1) is 0 Å². The number of nitrogens with one attached hydrogen (secondary N) is 1. The number of sulfonamides is 1. The third kappa shape index (κ3) is 4.90. The Morgan fingerprint density at radius 1 is 1.09 bits per heavy atom. The number of rotatable bonds is 6. The zero-order chi connectivity index (χ0) is 22.7. The number of amides is 2. The highest BCUT2D eigenvalue weighted by Crippen LogP contribution is 2.37. The summed E-state index contributed by atoms with van der Waals surface area (Å²) in [6.45, 7) is 0.867. The molecule has 4 rings (SSSR count). The highest BCUT2D eigenvalue weighted by atomic mass is 35.5. The molecule has 0 aromatic heterocycles. The maximum Gasteiger partial charge on any atom is 0.262 e. The number of carbonyl (C=O) groups is 2. The van der Waals surface area contributed by atoms with Crippen molar-refractivity contribution >= 4 is 39.1 Å². The number of benzene rings is 2. The Hall–Kier alpha value is -2.62. The molecule has 8 nitrogen and oxygen atoms in total. The van der Waals surface area contributed by atoms with Gasteiger partial charge < -0.3 is 15.0 Å². The number of aryl methyl sites for hydroxylation is 1. The van der Waals surface area contributed by atoms with Gasteiger partial charge in [-0.3, -0.25) is 9.59 Å². The monoisotopic (exact) mass is 477 g/mol. The van der Waals surface area contributed by atoms with E-state index in [0.29, 0.717) is 25.2 Å². The number of halogens is 1. The Morgan fingerprint density at radius 2 is 1.81 bits per heavy atom. The van der Waals surface area contributed by atoms with Crippen molar-refractivity contribution in [3.05, 3.63) is 53.1 Å². The van der Waals surface area contributed by atoms with Crippen LogP contribution < -0.4 is 10.1 Å². The smallest absolute Gasteiger partial charge is 0.262 e. The number of fused-ring (bicyclic) bond motifs is 1. The quantitative estimate of drug-likeness (QED) is 0.689. The Bertz CT molecular complexity index is 1120. The van der Waals surface area contributed by atoms with E-state index in [1.54, 1.807) is 4.90 Å². The molecule has 0 unspecified atom stereocenters. The Morgan fingerprint density at radius 3 is 2.53 bits per heavy atom. The molecule has 2 aromatic carbocycles. The standard InChI is InChI=1S/C22H24ClN3O5S/c23-17-13-18-19(31-15-21(27)24-18)14-20(17)32(29,30)26-11-9-25(10-12-26)22(28)8-4-7-16-5-2-1-3-6-16/h1-3,5-6,13-14H,4,7-12,15H2,(H,24,27). The van der Waals surface area contributed by atoms with Crippen molar-refractivity contribution in [3.63, 3.8) is 0 Å². The van der Waals surface area contributed by atoms with Crippen molar-refractivity contribution < 1.29 is 22.7 Å². The Labute approximate surface area is 192 Å². The van der Waals surface area contributed by atoms with Gasteiger partial charge in [-0.05, 0) is 24.5 Å². The summed E-state index contributed by atoms with van der Waals surface area (Å²) in [5.41, 5.74) is 1.54. The average molecular weight is 478 g/mol. The van der Waals surface area contributed by atoms with E-state index in [0.717, 1.165) is 12.8 Å². The minimum absolute atomic E-state index is 0.00830. The van der Waals surface area contributed by atoms with Crippen LogP contribution >= 0.6 is 11.6 Å². The third-order valence-electron chi connectivity index (χ3n) is 5.58. The predicted octanol–water partition coefficient (Wildman–Crippen LogP) is 2.53. The molecule has 2 amide bonds. The first-order valence-corrected chi connectivity index (χ1v) is 12.2. The Balaban J connectivity index is 1.35. The molecule has 10 heteroatoms. The van der Waals surface area contributed by atoms with Crippen LogP contribution in [0.3, 0.4) is 0 Å². The van der Waals surface area contributed by atoms with Crippen molar-refractivity contribution in [2.45, 2.75) is 24.2 Å². The first-order valence-electron chi connectivity index (χ1n) is 10.4. The highest BCUT2D eigenvalue weighted by molar-refractivity contribution is 7.89. The summed E-state index contributed by atoms with van der Waals surface area (Å²) in [7, 11) is -3.87. The summed E-state index contributed by atoms with van der Waals surface area (Å²) >= 11 is 6.22.